The van der Waals surface area contributed by atoms with Gasteiger partial charge in [0.15, 0.2) is 15.6 Å². The van der Waals surface area contributed by atoms with Gasteiger partial charge in [0.25, 0.3) is 5.56 Å². The summed E-state index contributed by atoms with van der Waals surface area (Å²) in [6.07, 6.45) is 1.04. The molecule has 1 N–H and O–H groups in total. The molecule has 100 valence electrons. The number of H-pyrrole nitrogens is 1. The van der Waals surface area contributed by atoms with Crippen LogP contribution in [-0.4, -0.2) is 35.3 Å². The van der Waals surface area contributed by atoms with Crippen LogP contribution in [0.25, 0.3) is 0 Å². The normalized spacial score (nSPS) is 11.4. The fraction of sp³-hybridized carbons (Fsp3) is 0.500. The molecule has 1 aromatic rings. The van der Waals surface area contributed by atoms with Crippen LogP contribution in [0, 0.1) is 0 Å². The molecule has 0 saturated carbocycles. The second kappa shape index (κ2) is 5.30. The van der Waals surface area contributed by atoms with Crippen molar-refractivity contribution in [2.45, 2.75) is 20.4 Å². The lowest BCUT2D eigenvalue weighted by atomic mass is 10.2. The van der Waals surface area contributed by atoms with Crippen LogP contribution in [0.3, 0.4) is 0 Å². The summed E-state index contributed by atoms with van der Waals surface area (Å²) in [6, 6.07) is 0. The Hall–Kier alpha value is -1.70. The molecule has 0 fully saturated rings. The Labute approximate surface area is 103 Å². The number of nitrogens with one attached hydrogen (secondary N) is 1. The van der Waals surface area contributed by atoms with E-state index in [1.807, 2.05) is 0 Å². The molecule has 0 aliphatic rings. The number of hydrogen-bond acceptors (Lipinski definition) is 5. The minimum Gasteiger partial charge on any atom is -0.313 e. The molecule has 0 unspecified atom stereocenters. The highest BCUT2D eigenvalue weighted by Gasteiger charge is 2.13. The highest BCUT2D eigenvalue weighted by Crippen LogP contribution is 1.92. The molecular formula is C10H14N2O5S. The van der Waals surface area contributed by atoms with Gasteiger partial charge < -0.3 is 4.98 Å². The van der Waals surface area contributed by atoms with E-state index >= 15 is 0 Å². The number of aromatic amines is 1. The number of carbonyl (C=O) groups excluding carboxylic acids is 1. The van der Waals surface area contributed by atoms with Crippen molar-refractivity contribution in [3.63, 3.8) is 0 Å². The van der Waals surface area contributed by atoms with Gasteiger partial charge in [0, 0.05) is 18.5 Å². The first-order valence-corrected chi connectivity index (χ1v) is 7.14. The molecule has 0 aromatic carbocycles. The molecule has 1 heterocycles. The van der Waals surface area contributed by atoms with Gasteiger partial charge in [-0.2, -0.15) is 0 Å². The Bertz CT molecular complexity index is 668. The van der Waals surface area contributed by atoms with Crippen molar-refractivity contribution in [2.75, 3.05) is 11.5 Å². The molecule has 0 aliphatic heterocycles. The predicted molar refractivity (Wildman–Crippen MR) is 65.7 cm³/mol. The number of nitrogens with zero attached hydrogens (tertiary/aromatic N) is 1. The first kappa shape index (κ1) is 14.4. The largest absolute Gasteiger partial charge is 0.328 e. The van der Waals surface area contributed by atoms with E-state index in [9.17, 15) is 22.8 Å². The lowest BCUT2D eigenvalue weighted by Gasteiger charge is -2.05. The summed E-state index contributed by atoms with van der Waals surface area (Å²) in [5.41, 5.74) is -1.66. The quantitative estimate of drug-likeness (QED) is 0.706. The zero-order valence-corrected chi connectivity index (χ0v) is 10.9. The maximum Gasteiger partial charge on any atom is 0.328 e. The fourth-order valence-corrected chi connectivity index (χ4v) is 2.09. The Morgan fingerprint density at radius 1 is 1.39 bits per heavy atom. The summed E-state index contributed by atoms with van der Waals surface area (Å²) < 4.78 is 23.4. The minimum absolute atomic E-state index is 0.0634. The molecule has 8 heteroatoms. The molecule has 0 radical (unpaired) electrons. The van der Waals surface area contributed by atoms with Gasteiger partial charge in [-0.25, -0.2) is 13.2 Å². The second-order valence-electron chi connectivity index (χ2n) is 3.76. The SMILES string of the molecule is CCS(=O)(=O)CCn1c(=O)[nH]cc(C(C)=O)c1=O. The van der Waals surface area contributed by atoms with Crippen molar-refractivity contribution < 1.29 is 13.2 Å². The van der Waals surface area contributed by atoms with E-state index in [2.05, 4.69) is 4.98 Å². The van der Waals surface area contributed by atoms with Crippen LogP contribution in [0.15, 0.2) is 15.8 Å². The summed E-state index contributed by atoms with van der Waals surface area (Å²) >= 11 is 0. The average molecular weight is 274 g/mol. The number of ketones is 1. The van der Waals surface area contributed by atoms with Gasteiger partial charge in [0.05, 0.1) is 11.3 Å². The van der Waals surface area contributed by atoms with Crippen LogP contribution in [0.5, 0.6) is 0 Å². The van der Waals surface area contributed by atoms with Gasteiger partial charge in [-0.1, -0.05) is 6.92 Å². The topological polar surface area (TPSA) is 106 Å². The first-order chi connectivity index (χ1) is 8.28. The first-order valence-electron chi connectivity index (χ1n) is 5.32. The van der Waals surface area contributed by atoms with Gasteiger partial charge in [-0.15, -0.1) is 0 Å². The molecule has 1 aromatic heterocycles. The van der Waals surface area contributed by atoms with E-state index < -0.39 is 26.9 Å². The average Bonchev–Trinajstić information content (AvgIpc) is 2.28. The van der Waals surface area contributed by atoms with Crippen LogP contribution in [0.4, 0.5) is 0 Å². The van der Waals surface area contributed by atoms with Crippen molar-refractivity contribution in [1.29, 1.82) is 0 Å². The molecular weight excluding hydrogens is 260 g/mol. The number of aromatic nitrogens is 2. The van der Waals surface area contributed by atoms with Gasteiger partial charge in [0.2, 0.25) is 0 Å². The van der Waals surface area contributed by atoms with Crippen LogP contribution in [-0.2, 0) is 16.4 Å². The van der Waals surface area contributed by atoms with Crippen molar-refractivity contribution in [2.24, 2.45) is 0 Å². The zero-order valence-electron chi connectivity index (χ0n) is 10.1. The monoisotopic (exact) mass is 274 g/mol. The number of rotatable bonds is 5. The molecule has 7 nitrogen and oxygen atoms in total. The van der Waals surface area contributed by atoms with Crippen molar-refractivity contribution in [1.82, 2.24) is 9.55 Å². The van der Waals surface area contributed by atoms with Crippen molar-refractivity contribution in [3.05, 3.63) is 32.6 Å². The molecule has 0 atom stereocenters. The molecule has 18 heavy (non-hydrogen) atoms. The summed E-state index contributed by atoms with van der Waals surface area (Å²) in [4.78, 5) is 36.6. The van der Waals surface area contributed by atoms with E-state index in [0.717, 1.165) is 10.8 Å². The number of sulfone groups is 1. The van der Waals surface area contributed by atoms with Crippen molar-refractivity contribution in [3.8, 4) is 0 Å². The smallest absolute Gasteiger partial charge is 0.313 e. The Kier molecular flexibility index (Phi) is 4.23. The molecule has 0 aliphatic carbocycles. The van der Waals surface area contributed by atoms with Crippen LogP contribution >= 0.6 is 0 Å². The molecule has 0 spiro atoms. The van der Waals surface area contributed by atoms with E-state index in [1.165, 1.54) is 13.8 Å². The van der Waals surface area contributed by atoms with Crippen LogP contribution in [0.1, 0.15) is 24.2 Å². The number of hydrogen-bond donors (Lipinski definition) is 1. The van der Waals surface area contributed by atoms with Crippen LogP contribution in [0.2, 0.25) is 0 Å². The summed E-state index contributed by atoms with van der Waals surface area (Å²) in [6.45, 7) is 2.42. The van der Waals surface area contributed by atoms with Gasteiger partial charge >= 0.3 is 5.69 Å². The Morgan fingerprint density at radius 2 is 2.00 bits per heavy atom. The van der Waals surface area contributed by atoms with Gasteiger partial charge in [0.1, 0.15) is 0 Å². The highest BCUT2D eigenvalue weighted by atomic mass is 32.2. The maximum absolute atomic E-state index is 11.8. The minimum atomic E-state index is -3.28. The Balaban J connectivity index is 3.18. The number of carbonyl (C=O) groups is 1. The third-order valence-corrected chi connectivity index (χ3v) is 4.19. The summed E-state index contributed by atoms with van der Waals surface area (Å²) in [5.74, 6) is -0.858. The molecule has 0 amide bonds. The van der Waals surface area contributed by atoms with E-state index in [4.69, 9.17) is 0 Å². The van der Waals surface area contributed by atoms with Gasteiger partial charge in [-0.3, -0.25) is 14.2 Å². The standard InChI is InChI=1S/C10H14N2O5S/c1-3-18(16,17)5-4-12-9(14)8(7(2)13)6-11-10(12)15/h6H,3-5H2,1-2H3,(H,11,15). The summed E-state index contributed by atoms with van der Waals surface area (Å²) in [7, 11) is -3.28. The molecule has 0 bridgehead atoms. The van der Waals surface area contributed by atoms with Crippen molar-refractivity contribution >= 4 is 15.6 Å². The predicted octanol–water partition coefficient (Wildman–Crippen LogP) is -0.826. The maximum atomic E-state index is 11.8. The summed E-state index contributed by atoms with van der Waals surface area (Å²) in [5, 5.41) is 0. The lowest BCUT2D eigenvalue weighted by molar-refractivity contribution is 0.101. The lowest BCUT2D eigenvalue weighted by Crippen LogP contribution is -2.39. The van der Waals surface area contributed by atoms with E-state index in [0.29, 0.717) is 0 Å². The van der Waals surface area contributed by atoms with Gasteiger partial charge in [-0.05, 0) is 6.92 Å². The molecule has 0 saturated heterocycles. The third kappa shape index (κ3) is 3.16. The molecule has 1 rings (SSSR count). The zero-order chi connectivity index (χ0) is 13.9. The highest BCUT2D eigenvalue weighted by molar-refractivity contribution is 7.91. The fourth-order valence-electron chi connectivity index (χ4n) is 1.34. The third-order valence-electron chi connectivity index (χ3n) is 2.51. The van der Waals surface area contributed by atoms with E-state index in [1.54, 1.807) is 0 Å². The second-order valence-corrected chi connectivity index (χ2v) is 6.23. The van der Waals surface area contributed by atoms with E-state index in [-0.39, 0.29) is 23.6 Å². The van der Waals surface area contributed by atoms with Crippen LogP contribution < -0.4 is 11.2 Å². The Morgan fingerprint density at radius 3 is 2.50 bits per heavy atom. The number of Topliss-reactive ketones (excluding diaryl/α,β-unsaturated/α-hetero) is 1.